The van der Waals surface area contributed by atoms with Gasteiger partial charge in [0.25, 0.3) is 0 Å². The Morgan fingerprint density at radius 3 is 2.60 bits per heavy atom. The molecule has 0 unspecified atom stereocenters. The molecule has 1 heterocycles. The molecule has 1 aromatic carbocycles. The highest BCUT2D eigenvalue weighted by Gasteiger charge is 2.01. The summed E-state index contributed by atoms with van der Waals surface area (Å²) in [4.78, 5) is 8.39. The van der Waals surface area contributed by atoms with Crippen molar-refractivity contribution >= 4 is 41.5 Å². The molecular formula is C18H24ClIN4O. The maximum absolute atomic E-state index is 5.89. The van der Waals surface area contributed by atoms with E-state index in [1.165, 1.54) is 5.56 Å². The first-order chi connectivity index (χ1) is 11.7. The maximum Gasteiger partial charge on any atom is 0.213 e. The third kappa shape index (κ3) is 7.92. The first kappa shape index (κ1) is 21.5. The van der Waals surface area contributed by atoms with Crippen molar-refractivity contribution in [1.29, 1.82) is 0 Å². The summed E-state index contributed by atoms with van der Waals surface area (Å²) < 4.78 is 5.41. The van der Waals surface area contributed by atoms with E-state index >= 15 is 0 Å². The Hall–Kier alpha value is -1.54. The monoisotopic (exact) mass is 474 g/mol. The lowest BCUT2D eigenvalue weighted by Gasteiger charge is -2.12. The molecule has 2 N–H and O–H groups in total. The van der Waals surface area contributed by atoms with Crippen molar-refractivity contribution in [3.05, 3.63) is 58.7 Å². The first-order valence-corrected chi connectivity index (χ1v) is 8.35. The van der Waals surface area contributed by atoms with Gasteiger partial charge in [-0.05, 0) is 42.7 Å². The van der Waals surface area contributed by atoms with Crippen LogP contribution < -0.4 is 15.4 Å². The molecule has 0 atom stereocenters. The smallest absolute Gasteiger partial charge is 0.213 e. The highest BCUT2D eigenvalue weighted by molar-refractivity contribution is 14.0. The van der Waals surface area contributed by atoms with Gasteiger partial charge in [-0.3, -0.25) is 4.99 Å². The zero-order valence-corrected chi connectivity index (χ0v) is 17.5. The summed E-state index contributed by atoms with van der Waals surface area (Å²) >= 11 is 5.89. The average Bonchev–Trinajstić information content (AvgIpc) is 2.60. The molecule has 0 aliphatic heterocycles. The van der Waals surface area contributed by atoms with Crippen molar-refractivity contribution in [2.75, 3.05) is 20.2 Å². The van der Waals surface area contributed by atoms with Gasteiger partial charge in [-0.1, -0.05) is 23.7 Å². The Balaban J connectivity index is 0.00000312. The van der Waals surface area contributed by atoms with E-state index in [9.17, 15) is 0 Å². The zero-order chi connectivity index (χ0) is 17.2. The Kier molecular flexibility index (Phi) is 10.3. The van der Waals surface area contributed by atoms with Crippen LogP contribution in [-0.2, 0) is 13.0 Å². The van der Waals surface area contributed by atoms with Crippen LogP contribution in [0.25, 0.3) is 0 Å². The fraction of sp³-hybridized carbons (Fsp3) is 0.333. The molecule has 0 fully saturated rings. The van der Waals surface area contributed by atoms with Gasteiger partial charge >= 0.3 is 0 Å². The van der Waals surface area contributed by atoms with Gasteiger partial charge in [0.1, 0.15) is 0 Å². The van der Waals surface area contributed by atoms with Crippen molar-refractivity contribution in [3.8, 4) is 5.88 Å². The van der Waals surface area contributed by atoms with Crippen LogP contribution in [0.1, 0.15) is 18.1 Å². The molecule has 0 saturated heterocycles. The number of rotatable bonds is 7. The molecule has 136 valence electrons. The highest BCUT2D eigenvalue weighted by Crippen LogP contribution is 2.10. The number of benzene rings is 1. The zero-order valence-electron chi connectivity index (χ0n) is 14.5. The first-order valence-electron chi connectivity index (χ1n) is 7.98. The van der Waals surface area contributed by atoms with E-state index in [1.54, 1.807) is 13.2 Å². The molecule has 25 heavy (non-hydrogen) atoms. The third-order valence-electron chi connectivity index (χ3n) is 3.39. The van der Waals surface area contributed by atoms with Crippen LogP contribution in [0, 0.1) is 0 Å². The lowest BCUT2D eigenvalue weighted by Crippen LogP contribution is -2.37. The number of aromatic nitrogens is 1. The van der Waals surface area contributed by atoms with Crippen molar-refractivity contribution in [2.24, 2.45) is 4.99 Å². The second-order valence-electron chi connectivity index (χ2n) is 5.16. The third-order valence-corrected chi connectivity index (χ3v) is 3.65. The van der Waals surface area contributed by atoms with Gasteiger partial charge in [0.15, 0.2) is 5.96 Å². The number of halogens is 2. The Morgan fingerprint density at radius 2 is 1.92 bits per heavy atom. The van der Waals surface area contributed by atoms with Crippen LogP contribution in [0.3, 0.4) is 0 Å². The molecule has 0 saturated carbocycles. The number of nitrogens with zero attached hydrogens (tertiary/aromatic N) is 2. The molecule has 7 heteroatoms. The molecule has 5 nitrogen and oxygen atoms in total. The fourth-order valence-electron chi connectivity index (χ4n) is 2.17. The number of pyridine rings is 1. The minimum Gasteiger partial charge on any atom is -0.478 e. The number of ether oxygens (including phenoxy) is 1. The molecule has 0 aliphatic rings. The van der Waals surface area contributed by atoms with Crippen LogP contribution in [0.2, 0.25) is 5.02 Å². The fourth-order valence-corrected chi connectivity index (χ4v) is 2.30. The summed E-state index contributed by atoms with van der Waals surface area (Å²) in [6.07, 6.45) is 2.65. The molecule has 2 rings (SSSR count). The Bertz CT molecular complexity index is 664. The largest absolute Gasteiger partial charge is 0.478 e. The van der Waals surface area contributed by atoms with Gasteiger partial charge in [-0.25, -0.2) is 4.98 Å². The van der Waals surface area contributed by atoms with E-state index in [0.29, 0.717) is 19.0 Å². The topological polar surface area (TPSA) is 58.5 Å². The molecule has 0 bridgehead atoms. The van der Waals surface area contributed by atoms with Crippen molar-refractivity contribution < 1.29 is 4.74 Å². The minimum atomic E-state index is 0. The SMILES string of the molecule is CCOc1cc(CNC(=NC)NCCc2ccc(Cl)cc2)ccn1.I. The van der Waals surface area contributed by atoms with Crippen LogP contribution in [0.15, 0.2) is 47.6 Å². The van der Waals surface area contributed by atoms with E-state index in [2.05, 4.69) is 20.6 Å². The van der Waals surface area contributed by atoms with Gasteiger partial charge in [0.2, 0.25) is 5.88 Å². The standard InChI is InChI=1S/C18H23ClN4O.HI/c1-3-24-17-12-15(9-10-21-17)13-23-18(20-2)22-11-8-14-4-6-16(19)7-5-14;/h4-7,9-10,12H,3,8,11,13H2,1-2H3,(H2,20,22,23);1H. The summed E-state index contributed by atoms with van der Waals surface area (Å²) in [5.74, 6) is 1.40. The maximum atomic E-state index is 5.89. The lowest BCUT2D eigenvalue weighted by atomic mass is 10.1. The predicted molar refractivity (Wildman–Crippen MR) is 114 cm³/mol. The summed E-state index contributed by atoms with van der Waals surface area (Å²) in [5.41, 5.74) is 2.33. The van der Waals surface area contributed by atoms with Crippen LogP contribution >= 0.6 is 35.6 Å². The molecule has 0 radical (unpaired) electrons. The second kappa shape index (κ2) is 11.9. The van der Waals surface area contributed by atoms with E-state index in [1.807, 2.05) is 43.3 Å². The summed E-state index contributed by atoms with van der Waals surface area (Å²) in [6, 6.07) is 11.8. The highest BCUT2D eigenvalue weighted by atomic mass is 127. The number of nitrogens with one attached hydrogen (secondary N) is 2. The Labute approximate surface area is 171 Å². The number of hydrogen-bond acceptors (Lipinski definition) is 3. The van der Waals surface area contributed by atoms with E-state index in [4.69, 9.17) is 16.3 Å². The average molecular weight is 475 g/mol. The van der Waals surface area contributed by atoms with Crippen molar-refractivity contribution in [3.63, 3.8) is 0 Å². The second-order valence-corrected chi connectivity index (χ2v) is 5.60. The van der Waals surface area contributed by atoms with Gasteiger partial charge in [-0.15, -0.1) is 24.0 Å². The van der Waals surface area contributed by atoms with E-state index in [0.717, 1.165) is 29.5 Å². The summed E-state index contributed by atoms with van der Waals surface area (Å²) in [7, 11) is 1.76. The van der Waals surface area contributed by atoms with Gasteiger partial charge in [0, 0.05) is 37.4 Å². The molecule has 0 aliphatic carbocycles. The normalized spacial score (nSPS) is 10.8. The Morgan fingerprint density at radius 1 is 1.16 bits per heavy atom. The number of hydrogen-bond donors (Lipinski definition) is 2. The minimum absolute atomic E-state index is 0. The van der Waals surface area contributed by atoms with Crippen LogP contribution in [0.4, 0.5) is 0 Å². The molecular weight excluding hydrogens is 451 g/mol. The molecule has 0 spiro atoms. The van der Waals surface area contributed by atoms with Crippen LogP contribution in [-0.4, -0.2) is 31.1 Å². The summed E-state index contributed by atoms with van der Waals surface area (Å²) in [5, 5.41) is 7.34. The van der Waals surface area contributed by atoms with Gasteiger partial charge < -0.3 is 15.4 Å². The van der Waals surface area contributed by atoms with Crippen molar-refractivity contribution in [1.82, 2.24) is 15.6 Å². The quantitative estimate of drug-likeness (QED) is 0.365. The predicted octanol–water partition coefficient (Wildman–Crippen LogP) is 3.66. The molecule has 0 amide bonds. The molecule has 2 aromatic rings. The van der Waals surface area contributed by atoms with E-state index in [-0.39, 0.29) is 24.0 Å². The summed E-state index contributed by atoms with van der Waals surface area (Å²) in [6.45, 7) is 4.00. The number of aliphatic imine (C=N–C) groups is 1. The van der Waals surface area contributed by atoms with Gasteiger partial charge in [-0.2, -0.15) is 0 Å². The lowest BCUT2D eigenvalue weighted by molar-refractivity contribution is 0.326. The number of guanidine groups is 1. The molecule has 1 aromatic heterocycles. The van der Waals surface area contributed by atoms with Crippen LogP contribution in [0.5, 0.6) is 5.88 Å². The van der Waals surface area contributed by atoms with Gasteiger partial charge in [0.05, 0.1) is 6.61 Å². The van der Waals surface area contributed by atoms with E-state index < -0.39 is 0 Å². The van der Waals surface area contributed by atoms with Crippen molar-refractivity contribution in [2.45, 2.75) is 19.9 Å².